The summed E-state index contributed by atoms with van der Waals surface area (Å²) in [7, 11) is 0. The third kappa shape index (κ3) is 3.48. The molecule has 0 bridgehead atoms. The smallest absolute Gasteiger partial charge is 0.267 e. The van der Waals surface area contributed by atoms with Crippen molar-refractivity contribution in [3.05, 3.63) is 30.0 Å². The van der Waals surface area contributed by atoms with E-state index in [2.05, 4.69) is 10.3 Å². The van der Waals surface area contributed by atoms with Crippen molar-refractivity contribution in [1.29, 1.82) is 0 Å². The van der Waals surface area contributed by atoms with E-state index in [1.165, 1.54) is 0 Å². The molecule has 1 amide bonds. The number of benzene rings is 1. The largest absolute Gasteiger partial charge is 0.399 e. The SMILES string of the molecule is Nc1ccc2[nH]c(C(=O)NCCCCCO)cc2c1. The summed E-state index contributed by atoms with van der Waals surface area (Å²) in [6.45, 7) is 0.827. The molecule has 19 heavy (non-hydrogen) atoms. The number of hydrogen-bond acceptors (Lipinski definition) is 3. The van der Waals surface area contributed by atoms with E-state index < -0.39 is 0 Å². The van der Waals surface area contributed by atoms with Crippen molar-refractivity contribution in [2.24, 2.45) is 0 Å². The van der Waals surface area contributed by atoms with Crippen LogP contribution in [0.1, 0.15) is 29.8 Å². The summed E-state index contributed by atoms with van der Waals surface area (Å²) in [4.78, 5) is 15.0. The number of aliphatic hydroxyl groups is 1. The Kier molecular flexibility index (Phi) is 4.41. The zero-order valence-corrected chi connectivity index (χ0v) is 10.8. The van der Waals surface area contributed by atoms with Gasteiger partial charge < -0.3 is 21.1 Å². The van der Waals surface area contributed by atoms with E-state index in [9.17, 15) is 4.79 Å². The lowest BCUT2D eigenvalue weighted by atomic mass is 10.2. The van der Waals surface area contributed by atoms with Gasteiger partial charge in [0.2, 0.25) is 0 Å². The van der Waals surface area contributed by atoms with Gasteiger partial charge in [0.05, 0.1) is 0 Å². The average Bonchev–Trinajstić information content (AvgIpc) is 2.81. The molecule has 5 N–H and O–H groups in total. The second kappa shape index (κ2) is 6.24. The van der Waals surface area contributed by atoms with Crippen LogP contribution in [0.2, 0.25) is 0 Å². The first-order valence-electron chi connectivity index (χ1n) is 6.48. The van der Waals surface area contributed by atoms with Crippen LogP contribution in [0.5, 0.6) is 0 Å². The number of aromatic nitrogens is 1. The standard InChI is InChI=1S/C14H19N3O2/c15-11-4-5-12-10(8-11)9-13(17-12)14(19)16-6-2-1-3-7-18/h4-5,8-9,17-18H,1-3,6-7,15H2,(H,16,19). The van der Waals surface area contributed by atoms with Gasteiger partial charge in [-0.05, 0) is 43.5 Å². The first-order chi connectivity index (χ1) is 9.20. The highest BCUT2D eigenvalue weighted by Gasteiger charge is 2.08. The maximum atomic E-state index is 11.9. The molecule has 0 saturated heterocycles. The molecule has 2 rings (SSSR count). The zero-order chi connectivity index (χ0) is 13.7. The van der Waals surface area contributed by atoms with Gasteiger partial charge in [0.15, 0.2) is 0 Å². The lowest BCUT2D eigenvalue weighted by molar-refractivity contribution is 0.0948. The average molecular weight is 261 g/mol. The summed E-state index contributed by atoms with van der Waals surface area (Å²) in [6.07, 6.45) is 2.57. The monoisotopic (exact) mass is 261 g/mol. The van der Waals surface area contributed by atoms with E-state index in [-0.39, 0.29) is 12.5 Å². The molecule has 0 atom stereocenters. The highest BCUT2D eigenvalue weighted by Crippen LogP contribution is 2.18. The minimum atomic E-state index is -0.112. The third-order valence-electron chi connectivity index (χ3n) is 3.01. The number of rotatable bonds is 6. The number of nitrogens with one attached hydrogen (secondary N) is 2. The van der Waals surface area contributed by atoms with Gasteiger partial charge in [-0.1, -0.05) is 0 Å². The third-order valence-corrected chi connectivity index (χ3v) is 3.01. The van der Waals surface area contributed by atoms with E-state index >= 15 is 0 Å². The summed E-state index contributed by atoms with van der Waals surface area (Å²) in [5, 5.41) is 12.4. The van der Waals surface area contributed by atoms with E-state index in [0.29, 0.717) is 17.9 Å². The fourth-order valence-electron chi connectivity index (χ4n) is 1.98. The number of H-pyrrole nitrogens is 1. The van der Waals surface area contributed by atoms with Gasteiger partial charge >= 0.3 is 0 Å². The van der Waals surface area contributed by atoms with Gasteiger partial charge in [-0.25, -0.2) is 0 Å². The van der Waals surface area contributed by atoms with Crippen LogP contribution in [0, 0.1) is 0 Å². The predicted molar refractivity (Wildman–Crippen MR) is 76.0 cm³/mol. The second-order valence-electron chi connectivity index (χ2n) is 4.57. The summed E-state index contributed by atoms with van der Waals surface area (Å²) in [6, 6.07) is 7.30. The van der Waals surface area contributed by atoms with Crippen LogP contribution in [0.3, 0.4) is 0 Å². The van der Waals surface area contributed by atoms with Crippen LogP contribution in [0.15, 0.2) is 24.3 Å². The summed E-state index contributed by atoms with van der Waals surface area (Å²) >= 11 is 0. The molecule has 0 fully saturated rings. The topological polar surface area (TPSA) is 91.1 Å². The maximum Gasteiger partial charge on any atom is 0.267 e. The molecule has 0 spiro atoms. The Morgan fingerprint density at radius 2 is 2.11 bits per heavy atom. The van der Waals surface area contributed by atoms with Crippen LogP contribution in [0.4, 0.5) is 5.69 Å². The number of hydrogen-bond donors (Lipinski definition) is 4. The lowest BCUT2D eigenvalue weighted by Gasteiger charge is -2.02. The summed E-state index contributed by atoms with van der Waals surface area (Å²) < 4.78 is 0. The minimum Gasteiger partial charge on any atom is -0.399 e. The van der Waals surface area contributed by atoms with Crippen molar-refractivity contribution < 1.29 is 9.90 Å². The number of aliphatic hydroxyl groups excluding tert-OH is 1. The Labute approximate surface area is 111 Å². The number of aromatic amines is 1. The Morgan fingerprint density at radius 1 is 1.26 bits per heavy atom. The quantitative estimate of drug-likeness (QED) is 0.470. The van der Waals surface area contributed by atoms with Gasteiger partial charge in [0.25, 0.3) is 5.91 Å². The molecule has 5 nitrogen and oxygen atoms in total. The molecular weight excluding hydrogens is 242 g/mol. The van der Waals surface area contributed by atoms with E-state index in [1.807, 2.05) is 12.1 Å². The van der Waals surface area contributed by atoms with Gasteiger partial charge in [-0.3, -0.25) is 4.79 Å². The summed E-state index contributed by atoms with van der Waals surface area (Å²) in [5.74, 6) is -0.112. The first-order valence-corrected chi connectivity index (χ1v) is 6.48. The first kappa shape index (κ1) is 13.4. The molecule has 0 saturated carbocycles. The van der Waals surface area contributed by atoms with Gasteiger partial charge in [0.1, 0.15) is 5.69 Å². The van der Waals surface area contributed by atoms with Gasteiger partial charge in [-0.15, -0.1) is 0 Å². The van der Waals surface area contributed by atoms with E-state index in [0.717, 1.165) is 30.2 Å². The molecule has 0 aliphatic rings. The molecule has 1 heterocycles. The van der Waals surface area contributed by atoms with Crippen molar-refractivity contribution in [2.75, 3.05) is 18.9 Å². The predicted octanol–water partition coefficient (Wildman–Crippen LogP) is 1.64. The molecule has 5 heteroatoms. The number of fused-ring (bicyclic) bond motifs is 1. The fraction of sp³-hybridized carbons (Fsp3) is 0.357. The number of carbonyl (C=O) groups excluding carboxylic acids is 1. The summed E-state index contributed by atoms with van der Waals surface area (Å²) in [5.41, 5.74) is 7.83. The number of amides is 1. The van der Waals surface area contributed by atoms with Crippen molar-refractivity contribution in [2.45, 2.75) is 19.3 Å². The molecule has 0 radical (unpaired) electrons. The Morgan fingerprint density at radius 3 is 2.89 bits per heavy atom. The fourth-order valence-corrected chi connectivity index (χ4v) is 1.98. The molecule has 102 valence electrons. The number of nitrogen functional groups attached to an aromatic ring is 1. The number of anilines is 1. The lowest BCUT2D eigenvalue weighted by Crippen LogP contribution is -2.24. The molecule has 2 aromatic rings. The molecule has 0 unspecified atom stereocenters. The highest BCUT2D eigenvalue weighted by atomic mass is 16.2. The highest BCUT2D eigenvalue weighted by molar-refractivity contribution is 5.98. The number of carbonyl (C=O) groups is 1. The maximum absolute atomic E-state index is 11.9. The van der Waals surface area contributed by atoms with Crippen LogP contribution < -0.4 is 11.1 Å². The zero-order valence-electron chi connectivity index (χ0n) is 10.8. The van der Waals surface area contributed by atoms with Crippen LogP contribution in [-0.2, 0) is 0 Å². The minimum absolute atomic E-state index is 0.112. The Balaban J connectivity index is 1.94. The van der Waals surface area contributed by atoms with Crippen LogP contribution in [0.25, 0.3) is 10.9 Å². The van der Waals surface area contributed by atoms with E-state index in [1.54, 1.807) is 12.1 Å². The van der Waals surface area contributed by atoms with Gasteiger partial charge in [-0.2, -0.15) is 0 Å². The molecule has 1 aromatic heterocycles. The van der Waals surface area contributed by atoms with Crippen molar-refractivity contribution in [1.82, 2.24) is 10.3 Å². The van der Waals surface area contributed by atoms with Crippen LogP contribution >= 0.6 is 0 Å². The molecule has 1 aromatic carbocycles. The van der Waals surface area contributed by atoms with Crippen molar-refractivity contribution in [3.8, 4) is 0 Å². The number of unbranched alkanes of at least 4 members (excludes halogenated alkanes) is 2. The Hall–Kier alpha value is -2.01. The number of nitrogens with two attached hydrogens (primary N) is 1. The second-order valence-corrected chi connectivity index (χ2v) is 4.57. The Bertz CT molecular complexity index is 563. The van der Waals surface area contributed by atoms with Crippen molar-refractivity contribution in [3.63, 3.8) is 0 Å². The normalized spacial score (nSPS) is 10.8. The molecule has 0 aliphatic carbocycles. The van der Waals surface area contributed by atoms with Crippen LogP contribution in [-0.4, -0.2) is 29.1 Å². The molecular formula is C14H19N3O2. The molecule has 0 aliphatic heterocycles. The van der Waals surface area contributed by atoms with Crippen molar-refractivity contribution >= 4 is 22.5 Å². The van der Waals surface area contributed by atoms with Gasteiger partial charge in [0, 0.05) is 29.7 Å². The van der Waals surface area contributed by atoms with E-state index in [4.69, 9.17) is 10.8 Å².